The van der Waals surface area contributed by atoms with E-state index in [9.17, 15) is 4.79 Å². The monoisotopic (exact) mass is 236 g/mol. The van der Waals surface area contributed by atoms with Crippen LogP contribution in [0.1, 0.15) is 16.7 Å². The van der Waals surface area contributed by atoms with Gasteiger partial charge in [-0.1, -0.05) is 6.07 Å². The molecule has 1 aromatic rings. The number of carbonyl (C=O) groups excluding carboxylic acids is 1. The second-order valence-electron chi connectivity index (χ2n) is 3.98. The van der Waals surface area contributed by atoms with E-state index >= 15 is 0 Å². The Morgan fingerprint density at radius 3 is 2.59 bits per heavy atom. The van der Waals surface area contributed by atoms with E-state index in [-0.39, 0.29) is 5.91 Å². The molecule has 0 saturated heterocycles. The summed E-state index contributed by atoms with van der Waals surface area (Å²) < 4.78 is 5.25. The van der Waals surface area contributed by atoms with E-state index in [0.717, 1.165) is 22.4 Å². The maximum atomic E-state index is 11.3. The van der Waals surface area contributed by atoms with Crippen LogP contribution < -0.4 is 15.4 Å². The Balaban J connectivity index is 2.73. The number of amides is 1. The molecule has 4 heteroatoms. The van der Waals surface area contributed by atoms with Crippen molar-refractivity contribution in [2.75, 3.05) is 20.7 Å². The number of ether oxygens (including phenoxy) is 1. The topological polar surface area (TPSA) is 50.4 Å². The van der Waals surface area contributed by atoms with Gasteiger partial charge < -0.3 is 15.4 Å². The first-order valence-corrected chi connectivity index (χ1v) is 5.64. The van der Waals surface area contributed by atoms with E-state index < -0.39 is 0 Å². The van der Waals surface area contributed by atoms with Crippen molar-refractivity contribution in [3.05, 3.63) is 28.8 Å². The molecule has 94 valence electrons. The molecule has 4 nitrogen and oxygen atoms in total. The molecule has 0 bridgehead atoms. The van der Waals surface area contributed by atoms with Gasteiger partial charge >= 0.3 is 0 Å². The maximum Gasteiger partial charge on any atom is 0.234 e. The third-order valence-corrected chi connectivity index (χ3v) is 2.88. The molecule has 1 amide bonds. The first kappa shape index (κ1) is 13.5. The molecule has 0 aliphatic rings. The van der Waals surface area contributed by atoms with Crippen LogP contribution in [0, 0.1) is 13.8 Å². The zero-order valence-electron chi connectivity index (χ0n) is 10.9. The number of hydrogen-bond donors (Lipinski definition) is 2. The molecular formula is C13H20N2O2. The summed E-state index contributed by atoms with van der Waals surface area (Å²) in [6.45, 7) is 4.95. The highest BCUT2D eigenvalue weighted by Crippen LogP contribution is 2.23. The minimum atomic E-state index is 0.000344. The van der Waals surface area contributed by atoms with Gasteiger partial charge in [0.1, 0.15) is 5.75 Å². The largest absolute Gasteiger partial charge is 0.496 e. The lowest BCUT2D eigenvalue weighted by Gasteiger charge is -2.13. The van der Waals surface area contributed by atoms with E-state index in [4.69, 9.17) is 4.74 Å². The molecule has 0 radical (unpaired) electrons. The minimum Gasteiger partial charge on any atom is -0.496 e. The van der Waals surface area contributed by atoms with Gasteiger partial charge in [-0.3, -0.25) is 4.79 Å². The van der Waals surface area contributed by atoms with Crippen molar-refractivity contribution in [3.8, 4) is 5.75 Å². The van der Waals surface area contributed by atoms with Gasteiger partial charge in [0, 0.05) is 6.54 Å². The molecule has 0 aromatic heterocycles. The number of nitrogens with one attached hydrogen (secondary N) is 2. The van der Waals surface area contributed by atoms with Gasteiger partial charge in [0.05, 0.1) is 13.7 Å². The average Bonchev–Trinajstić information content (AvgIpc) is 2.31. The molecule has 0 aliphatic heterocycles. The summed E-state index contributed by atoms with van der Waals surface area (Å²) in [5, 5.41) is 5.68. The molecule has 0 heterocycles. The van der Waals surface area contributed by atoms with Crippen molar-refractivity contribution in [2.45, 2.75) is 20.4 Å². The van der Waals surface area contributed by atoms with Gasteiger partial charge in [-0.05, 0) is 43.7 Å². The Hall–Kier alpha value is -1.55. The number of rotatable bonds is 5. The van der Waals surface area contributed by atoms with Crippen LogP contribution in [0.25, 0.3) is 0 Å². The fourth-order valence-corrected chi connectivity index (χ4v) is 1.68. The van der Waals surface area contributed by atoms with Crippen molar-refractivity contribution in [1.29, 1.82) is 0 Å². The van der Waals surface area contributed by atoms with Crippen molar-refractivity contribution >= 4 is 5.91 Å². The Labute approximate surface area is 102 Å². The van der Waals surface area contributed by atoms with Crippen LogP contribution in [0.3, 0.4) is 0 Å². The van der Waals surface area contributed by atoms with E-state index in [2.05, 4.69) is 10.6 Å². The maximum absolute atomic E-state index is 11.3. The van der Waals surface area contributed by atoms with Crippen LogP contribution >= 0.6 is 0 Å². The van der Waals surface area contributed by atoms with E-state index in [1.165, 1.54) is 0 Å². The number of carbonyl (C=O) groups is 1. The molecule has 2 N–H and O–H groups in total. The highest BCUT2D eigenvalue weighted by molar-refractivity contribution is 5.77. The van der Waals surface area contributed by atoms with Crippen molar-refractivity contribution in [2.24, 2.45) is 0 Å². The lowest BCUT2D eigenvalue weighted by Crippen LogP contribution is -2.31. The molecule has 0 aliphatic carbocycles. The lowest BCUT2D eigenvalue weighted by atomic mass is 10.0. The fourth-order valence-electron chi connectivity index (χ4n) is 1.68. The van der Waals surface area contributed by atoms with Crippen LogP contribution in [0.2, 0.25) is 0 Å². The summed E-state index contributed by atoms with van der Waals surface area (Å²) in [5.41, 5.74) is 3.40. The zero-order valence-corrected chi connectivity index (χ0v) is 10.9. The first-order chi connectivity index (χ1) is 8.10. The summed E-state index contributed by atoms with van der Waals surface area (Å²) in [6, 6.07) is 3.92. The Morgan fingerprint density at radius 1 is 1.29 bits per heavy atom. The normalized spacial score (nSPS) is 10.1. The van der Waals surface area contributed by atoms with Crippen LogP contribution in [-0.4, -0.2) is 26.6 Å². The van der Waals surface area contributed by atoms with Crippen molar-refractivity contribution in [3.63, 3.8) is 0 Å². The molecule has 1 rings (SSSR count). The second-order valence-corrected chi connectivity index (χ2v) is 3.98. The van der Waals surface area contributed by atoms with E-state index in [0.29, 0.717) is 13.1 Å². The Morgan fingerprint density at radius 2 is 2.00 bits per heavy atom. The third kappa shape index (κ3) is 3.46. The molecule has 17 heavy (non-hydrogen) atoms. The molecule has 0 fully saturated rings. The number of methoxy groups -OCH3 is 1. The predicted molar refractivity (Wildman–Crippen MR) is 68.2 cm³/mol. The van der Waals surface area contributed by atoms with Crippen molar-refractivity contribution < 1.29 is 9.53 Å². The fraction of sp³-hybridized carbons (Fsp3) is 0.462. The smallest absolute Gasteiger partial charge is 0.234 e. The van der Waals surface area contributed by atoms with Gasteiger partial charge in [0.25, 0.3) is 0 Å². The van der Waals surface area contributed by atoms with Crippen LogP contribution in [0.4, 0.5) is 0 Å². The highest BCUT2D eigenvalue weighted by Gasteiger charge is 2.07. The first-order valence-electron chi connectivity index (χ1n) is 5.64. The lowest BCUT2D eigenvalue weighted by molar-refractivity contribution is -0.120. The van der Waals surface area contributed by atoms with Crippen LogP contribution in [0.15, 0.2) is 12.1 Å². The summed E-state index contributed by atoms with van der Waals surface area (Å²) in [6.07, 6.45) is 0. The van der Waals surface area contributed by atoms with E-state index in [1.807, 2.05) is 26.0 Å². The quantitative estimate of drug-likeness (QED) is 0.806. The number of hydrogen-bond acceptors (Lipinski definition) is 3. The van der Waals surface area contributed by atoms with Gasteiger partial charge in [0.2, 0.25) is 5.91 Å². The standard InChI is InChI=1S/C13H20N2O2/c1-9-10(2)12(17-4)6-5-11(9)7-15-13(16)8-14-3/h5-6,14H,7-8H2,1-4H3,(H,15,16). The third-order valence-electron chi connectivity index (χ3n) is 2.88. The molecule has 0 unspecified atom stereocenters. The highest BCUT2D eigenvalue weighted by atomic mass is 16.5. The SMILES string of the molecule is CNCC(=O)NCc1ccc(OC)c(C)c1C. The van der Waals surface area contributed by atoms with Gasteiger partial charge in [-0.25, -0.2) is 0 Å². The predicted octanol–water partition coefficient (Wildman–Crippen LogP) is 1.15. The van der Waals surface area contributed by atoms with Crippen molar-refractivity contribution in [1.82, 2.24) is 10.6 Å². The summed E-state index contributed by atoms with van der Waals surface area (Å²) in [5.74, 6) is 0.883. The molecular weight excluding hydrogens is 216 g/mol. The average molecular weight is 236 g/mol. The van der Waals surface area contributed by atoms with Gasteiger partial charge in [-0.2, -0.15) is 0 Å². The van der Waals surface area contributed by atoms with E-state index in [1.54, 1.807) is 14.2 Å². The number of likely N-dealkylation sites (N-methyl/N-ethyl adjacent to an activating group) is 1. The molecule has 0 spiro atoms. The molecule has 0 saturated carbocycles. The molecule has 1 aromatic carbocycles. The van der Waals surface area contributed by atoms with Crippen LogP contribution in [-0.2, 0) is 11.3 Å². The minimum absolute atomic E-state index is 0.000344. The summed E-state index contributed by atoms with van der Waals surface area (Å²) in [7, 11) is 3.42. The summed E-state index contributed by atoms with van der Waals surface area (Å²) in [4.78, 5) is 11.3. The van der Waals surface area contributed by atoms with Gasteiger partial charge in [-0.15, -0.1) is 0 Å². The molecule has 0 atom stereocenters. The number of benzene rings is 1. The zero-order chi connectivity index (χ0) is 12.8. The van der Waals surface area contributed by atoms with Gasteiger partial charge in [0.15, 0.2) is 0 Å². The second kappa shape index (κ2) is 6.25. The Kier molecular flexibility index (Phi) is 4.97. The summed E-state index contributed by atoms with van der Waals surface area (Å²) >= 11 is 0. The Bertz CT molecular complexity index is 403. The van der Waals surface area contributed by atoms with Crippen LogP contribution in [0.5, 0.6) is 5.75 Å².